The first-order chi connectivity index (χ1) is 20.0. The number of rotatable bonds is 6. The van der Waals surface area contributed by atoms with Crippen LogP contribution >= 0.6 is 0 Å². The molecule has 1 aliphatic heterocycles. The van der Waals surface area contributed by atoms with Gasteiger partial charge in [0.15, 0.2) is 15.4 Å². The van der Waals surface area contributed by atoms with Crippen LogP contribution < -0.4 is 0 Å². The quantitative estimate of drug-likeness (QED) is 0.357. The molecule has 0 amide bonds. The van der Waals surface area contributed by atoms with Crippen molar-refractivity contribution in [1.82, 2.24) is 0 Å². The Labute approximate surface area is 254 Å². The molecular formula is C34H49F3O5S. The maximum atomic E-state index is 14.2. The number of hydrogen-bond donors (Lipinski definition) is 2. The van der Waals surface area contributed by atoms with E-state index in [1.165, 1.54) is 0 Å². The summed E-state index contributed by atoms with van der Waals surface area (Å²) in [6.45, 7) is 7.19. The highest BCUT2D eigenvalue weighted by Gasteiger charge is 2.65. The average Bonchev–Trinajstić information content (AvgIpc) is 3.54. The van der Waals surface area contributed by atoms with Crippen LogP contribution in [0.1, 0.15) is 91.4 Å². The molecule has 0 spiro atoms. The standard InChI is InChI=1S/C34H49F3O5S/c1-22(29(20-32(38)17-18-42-21-32)43(40,41)24-7-5-4-6-8-24)26-11-12-27-25-10-9-23-19-33(39,34(35,36)37)16-15-30(23,2)28(25)13-14-31(26,27)3/h4-8,22-23,25-29,38-39H,9-21H2,1-3H3/t22-,23-,25-,26+,27-,28-,29?,30-,31+,32?,33-/m0/s1. The highest BCUT2D eigenvalue weighted by Crippen LogP contribution is 2.69. The molecule has 11 atom stereocenters. The third-order valence-electron chi connectivity index (χ3n) is 13.7. The van der Waals surface area contributed by atoms with Gasteiger partial charge in [-0.2, -0.15) is 13.2 Å². The number of aliphatic hydroxyl groups is 2. The van der Waals surface area contributed by atoms with Crippen molar-refractivity contribution in [2.45, 2.75) is 119 Å². The van der Waals surface area contributed by atoms with Crippen molar-refractivity contribution in [3.05, 3.63) is 30.3 Å². The topological polar surface area (TPSA) is 83.8 Å². The molecule has 0 radical (unpaired) electrons. The Morgan fingerprint density at radius 1 is 0.930 bits per heavy atom. The van der Waals surface area contributed by atoms with Gasteiger partial charge in [0, 0.05) is 13.0 Å². The third-order valence-corrected chi connectivity index (χ3v) is 16.0. The molecule has 6 rings (SSSR count). The predicted molar refractivity (Wildman–Crippen MR) is 158 cm³/mol. The monoisotopic (exact) mass is 626 g/mol. The van der Waals surface area contributed by atoms with Gasteiger partial charge in [0.2, 0.25) is 0 Å². The smallest absolute Gasteiger partial charge is 0.387 e. The van der Waals surface area contributed by atoms with Crippen LogP contribution in [-0.2, 0) is 14.6 Å². The van der Waals surface area contributed by atoms with E-state index < -0.39 is 32.5 Å². The van der Waals surface area contributed by atoms with Crippen LogP contribution in [0.3, 0.4) is 0 Å². The van der Waals surface area contributed by atoms with Crippen molar-refractivity contribution >= 4 is 9.84 Å². The fraction of sp³-hybridized carbons (Fsp3) is 0.824. The van der Waals surface area contributed by atoms with Gasteiger partial charge in [0.1, 0.15) is 0 Å². The van der Waals surface area contributed by atoms with Crippen LogP contribution in [0.4, 0.5) is 13.2 Å². The Bertz CT molecular complexity index is 1280. The van der Waals surface area contributed by atoms with Gasteiger partial charge in [-0.15, -0.1) is 0 Å². The second-order valence-electron chi connectivity index (χ2n) is 15.6. The lowest BCUT2D eigenvalue weighted by atomic mass is 9.43. The van der Waals surface area contributed by atoms with Crippen LogP contribution in [0.2, 0.25) is 0 Å². The summed E-state index contributed by atoms with van der Waals surface area (Å²) in [6, 6.07) is 8.60. The van der Waals surface area contributed by atoms with Crippen LogP contribution in [0.25, 0.3) is 0 Å². The zero-order valence-corrected chi connectivity index (χ0v) is 26.6. The zero-order valence-electron chi connectivity index (χ0n) is 25.8. The van der Waals surface area contributed by atoms with Crippen molar-refractivity contribution in [3.8, 4) is 0 Å². The SMILES string of the molecule is C[C@H](C(CC1(O)CCOC1)S(=O)(=O)c1ccccc1)[C@H]1CC[C@H]2[C@@H]3CC[C@H]4C[C@](O)(C(F)(F)F)CC[C@]4(C)[C@H]3CC[C@]12C. The maximum Gasteiger partial charge on any atom is 0.417 e. The molecule has 1 heterocycles. The van der Waals surface area contributed by atoms with Crippen LogP contribution in [-0.4, -0.2) is 54.5 Å². The molecule has 4 saturated carbocycles. The molecule has 1 saturated heterocycles. The van der Waals surface area contributed by atoms with E-state index in [0.717, 1.165) is 32.1 Å². The fourth-order valence-electron chi connectivity index (χ4n) is 11.2. The van der Waals surface area contributed by atoms with E-state index in [4.69, 9.17) is 4.74 Å². The molecule has 0 bridgehead atoms. The first-order valence-corrected chi connectivity index (χ1v) is 18.0. The lowest BCUT2D eigenvalue weighted by molar-refractivity contribution is -0.290. The highest BCUT2D eigenvalue weighted by atomic mass is 32.2. The van der Waals surface area contributed by atoms with Gasteiger partial charge in [-0.25, -0.2) is 8.42 Å². The molecule has 242 valence electrons. The normalized spacial score (nSPS) is 44.7. The van der Waals surface area contributed by atoms with E-state index in [0.29, 0.717) is 48.5 Å². The molecule has 1 aromatic carbocycles. The minimum Gasteiger partial charge on any atom is -0.387 e. The first kappa shape index (κ1) is 31.8. The molecule has 0 aromatic heterocycles. The number of hydrogen-bond acceptors (Lipinski definition) is 5. The van der Waals surface area contributed by atoms with Crippen molar-refractivity contribution in [3.63, 3.8) is 0 Å². The van der Waals surface area contributed by atoms with E-state index in [1.54, 1.807) is 24.3 Å². The predicted octanol–water partition coefficient (Wildman–Crippen LogP) is 6.96. The molecule has 5 aliphatic rings. The molecule has 5 fully saturated rings. The number of halogens is 3. The van der Waals surface area contributed by atoms with Crippen LogP contribution in [0.15, 0.2) is 35.2 Å². The Hall–Kier alpha value is -1.16. The molecule has 2 N–H and O–H groups in total. The summed E-state index contributed by atoms with van der Waals surface area (Å²) in [5.41, 5.74) is -4.01. The second-order valence-corrected chi connectivity index (χ2v) is 17.8. The number of sulfone groups is 1. The largest absolute Gasteiger partial charge is 0.417 e. The van der Waals surface area contributed by atoms with Gasteiger partial charge in [0.25, 0.3) is 0 Å². The molecule has 4 aliphatic carbocycles. The number of ether oxygens (including phenoxy) is 1. The summed E-state index contributed by atoms with van der Waals surface area (Å²) in [5, 5.41) is 21.2. The van der Waals surface area contributed by atoms with E-state index in [9.17, 15) is 31.8 Å². The lowest BCUT2D eigenvalue weighted by Crippen LogP contribution is -2.59. The second kappa shape index (κ2) is 10.7. The Kier molecular flexibility index (Phi) is 7.91. The Morgan fingerprint density at radius 3 is 2.28 bits per heavy atom. The average molecular weight is 627 g/mol. The summed E-state index contributed by atoms with van der Waals surface area (Å²) in [4.78, 5) is 0.292. The Morgan fingerprint density at radius 2 is 1.63 bits per heavy atom. The van der Waals surface area contributed by atoms with E-state index in [2.05, 4.69) is 20.8 Å². The molecule has 5 nitrogen and oxygen atoms in total. The number of alkyl halides is 3. The summed E-state index contributed by atoms with van der Waals surface area (Å²) in [5.74, 6) is 0.995. The molecule has 43 heavy (non-hydrogen) atoms. The van der Waals surface area contributed by atoms with Gasteiger partial charge >= 0.3 is 6.18 Å². The van der Waals surface area contributed by atoms with Crippen molar-refractivity contribution in [1.29, 1.82) is 0 Å². The maximum absolute atomic E-state index is 14.2. The highest BCUT2D eigenvalue weighted by molar-refractivity contribution is 7.92. The summed E-state index contributed by atoms with van der Waals surface area (Å²) < 4.78 is 75.3. The lowest BCUT2D eigenvalue weighted by Gasteiger charge is -2.62. The summed E-state index contributed by atoms with van der Waals surface area (Å²) >= 11 is 0. The van der Waals surface area contributed by atoms with Crippen molar-refractivity contribution < 1.29 is 36.5 Å². The van der Waals surface area contributed by atoms with Gasteiger partial charge in [-0.1, -0.05) is 39.0 Å². The van der Waals surface area contributed by atoms with Gasteiger partial charge in [0.05, 0.1) is 22.4 Å². The van der Waals surface area contributed by atoms with E-state index in [1.807, 2.05) is 6.07 Å². The van der Waals surface area contributed by atoms with Gasteiger partial charge in [-0.05, 0) is 123 Å². The Balaban J connectivity index is 1.26. The van der Waals surface area contributed by atoms with Gasteiger partial charge < -0.3 is 14.9 Å². The number of fused-ring (bicyclic) bond motifs is 5. The van der Waals surface area contributed by atoms with Crippen LogP contribution in [0, 0.1) is 46.3 Å². The third kappa shape index (κ3) is 5.11. The van der Waals surface area contributed by atoms with E-state index in [-0.39, 0.29) is 54.5 Å². The minimum absolute atomic E-state index is 0.0651. The molecule has 2 unspecified atom stereocenters. The summed E-state index contributed by atoms with van der Waals surface area (Å²) in [7, 11) is -3.73. The van der Waals surface area contributed by atoms with Crippen LogP contribution in [0.5, 0.6) is 0 Å². The number of benzene rings is 1. The fourth-order valence-corrected chi connectivity index (χ4v) is 13.3. The zero-order chi connectivity index (χ0) is 31.1. The molecular weight excluding hydrogens is 577 g/mol. The van der Waals surface area contributed by atoms with Gasteiger partial charge in [-0.3, -0.25) is 0 Å². The minimum atomic E-state index is -4.60. The first-order valence-electron chi connectivity index (χ1n) is 16.4. The molecule has 9 heteroatoms. The molecule has 1 aromatic rings. The van der Waals surface area contributed by atoms with Crippen molar-refractivity contribution in [2.75, 3.05) is 13.2 Å². The van der Waals surface area contributed by atoms with E-state index >= 15 is 0 Å². The summed E-state index contributed by atoms with van der Waals surface area (Å²) in [6.07, 6.45) is 1.36. The van der Waals surface area contributed by atoms with Crippen molar-refractivity contribution in [2.24, 2.45) is 46.3 Å².